The number of amides is 1. The van der Waals surface area contributed by atoms with Crippen LogP contribution in [0.4, 0.5) is 0 Å². The van der Waals surface area contributed by atoms with E-state index in [0.29, 0.717) is 0 Å². The SMILES string of the molecule is CC1CCCC2(CSC(NC(C)(C)C(N)=O)=N2)C1. The number of amidine groups is 1. The van der Waals surface area contributed by atoms with Gasteiger partial charge in [-0.2, -0.15) is 0 Å². The monoisotopic (exact) mass is 269 g/mol. The van der Waals surface area contributed by atoms with Gasteiger partial charge in [-0.15, -0.1) is 0 Å². The zero-order valence-electron chi connectivity index (χ0n) is 11.5. The molecule has 0 radical (unpaired) electrons. The van der Waals surface area contributed by atoms with Crippen LogP contribution in [0.1, 0.15) is 46.5 Å². The van der Waals surface area contributed by atoms with E-state index in [0.717, 1.165) is 16.8 Å². The van der Waals surface area contributed by atoms with Crippen LogP contribution in [0.3, 0.4) is 0 Å². The number of hydrogen-bond donors (Lipinski definition) is 2. The predicted molar refractivity (Wildman–Crippen MR) is 76.7 cm³/mol. The van der Waals surface area contributed by atoms with E-state index < -0.39 is 5.54 Å². The molecule has 0 saturated heterocycles. The van der Waals surface area contributed by atoms with Crippen molar-refractivity contribution in [3.63, 3.8) is 0 Å². The summed E-state index contributed by atoms with van der Waals surface area (Å²) in [5.41, 5.74) is 4.76. The minimum absolute atomic E-state index is 0.110. The maximum absolute atomic E-state index is 11.3. The molecule has 4 nitrogen and oxygen atoms in total. The minimum atomic E-state index is -0.725. The molecule has 1 aliphatic carbocycles. The van der Waals surface area contributed by atoms with Crippen LogP contribution in [0.5, 0.6) is 0 Å². The molecule has 2 rings (SSSR count). The molecule has 3 N–H and O–H groups in total. The molecule has 2 aliphatic rings. The lowest BCUT2D eigenvalue weighted by molar-refractivity contribution is -0.122. The number of carbonyl (C=O) groups excluding carboxylic acids is 1. The molecular weight excluding hydrogens is 246 g/mol. The molecule has 18 heavy (non-hydrogen) atoms. The van der Waals surface area contributed by atoms with Gasteiger partial charge in [-0.25, -0.2) is 0 Å². The maximum atomic E-state index is 11.3. The van der Waals surface area contributed by atoms with E-state index in [1.807, 2.05) is 0 Å². The molecule has 1 amide bonds. The van der Waals surface area contributed by atoms with Crippen LogP contribution in [0.15, 0.2) is 4.99 Å². The number of rotatable bonds is 2. The zero-order chi connectivity index (χ0) is 13.4. The van der Waals surface area contributed by atoms with Crippen LogP contribution in [0, 0.1) is 5.92 Å². The van der Waals surface area contributed by atoms with E-state index in [9.17, 15) is 4.79 Å². The summed E-state index contributed by atoms with van der Waals surface area (Å²) in [5, 5.41) is 4.06. The second kappa shape index (κ2) is 4.76. The highest BCUT2D eigenvalue weighted by atomic mass is 32.2. The summed E-state index contributed by atoms with van der Waals surface area (Å²) in [6.45, 7) is 5.90. The molecule has 1 spiro atoms. The molecule has 2 atom stereocenters. The Kier molecular flexibility index (Phi) is 3.63. The summed E-state index contributed by atoms with van der Waals surface area (Å²) >= 11 is 1.73. The number of nitrogens with two attached hydrogens (primary N) is 1. The average molecular weight is 269 g/mol. The first kappa shape index (κ1) is 13.7. The van der Waals surface area contributed by atoms with Gasteiger partial charge in [0.2, 0.25) is 5.91 Å². The lowest BCUT2D eigenvalue weighted by Crippen LogP contribution is -2.52. The van der Waals surface area contributed by atoms with Crippen molar-refractivity contribution in [1.82, 2.24) is 5.32 Å². The number of primary amides is 1. The largest absolute Gasteiger partial charge is 0.368 e. The molecule has 1 aliphatic heterocycles. The Morgan fingerprint density at radius 3 is 2.94 bits per heavy atom. The van der Waals surface area contributed by atoms with Crippen molar-refractivity contribution in [3.05, 3.63) is 0 Å². The lowest BCUT2D eigenvalue weighted by Gasteiger charge is -2.33. The van der Waals surface area contributed by atoms with Crippen LogP contribution < -0.4 is 11.1 Å². The first-order chi connectivity index (χ1) is 8.33. The van der Waals surface area contributed by atoms with Crippen LogP contribution in [-0.4, -0.2) is 27.9 Å². The Morgan fingerprint density at radius 1 is 1.61 bits per heavy atom. The first-order valence-electron chi connectivity index (χ1n) is 6.64. The van der Waals surface area contributed by atoms with Crippen molar-refractivity contribution >= 4 is 22.8 Å². The van der Waals surface area contributed by atoms with Gasteiger partial charge in [0.1, 0.15) is 5.54 Å². The molecule has 1 saturated carbocycles. The standard InChI is InChI=1S/C13H23N3OS/c1-9-5-4-6-13(7-9)8-18-11(16-13)15-12(2,3)10(14)17/h9H,4-8H2,1-3H3,(H2,14,17)(H,15,16). The molecule has 2 unspecified atom stereocenters. The van der Waals surface area contributed by atoms with E-state index in [1.54, 1.807) is 25.6 Å². The third kappa shape index (κ3) is 2.82. The molecule has 0 bridgehead atoms. The molecule has 0 aromatic heterocycles. The number of hydrogen-bond acceptors (Lipinski definition) is 4. The van der Waals surface area contributed by atoms with Crippen molar-refractivity contribution in [2.75, 3.05) is 5.75 Å². The molecular formula is C13H23N3OS. The Balaban J connectivity index is 2.06. The first-order valence-corrected chi connectivity index (χ1v) is 7.62. The molecule has 1 heterocycles. The zero-order valence-corrected chi connectivity index (χ0v) is 12.3. The van der Waals surface area contributed by atoms with Crippen LogP contribution in [-0.2, 0) is 4.79 Å². The normalized spacial score (nSPS) is 32.4. The molecule has 0 aromatic rings. The lowest BCUT2D eigenvalue weighted by atomic mass is 9.78. The third-order valence-corrected chi connectivity index (χ3v) is 5.07. The summed E-state index contributed by atoms with van der Waals surface area (Å²) < 4.78 is 0. The second-order valence-corrected chi connectivity index (χ2v) is 7.21. The van der Waals surface area contributed by atoms with Gasteiger partial charge in [0, 0.05) is 5.75 Å². The van der Waals surface area contributed by atoms with Crippen molar-refractivity contribution in [2.45, 2.75) is 57.5 Å². The average Bonchev–Trinajstić information content (AvgIpc) is 2.59. The molecule has 102 valence electrons. The fourth-order valence-electron chi connectivity index (χ4n) is 2.74. The summed E-state index contributed by atoms with van der Waals surface area (Å²) in [5.74, 6) is 1.45. The Morgan fingerprint density at radius 2 is 2.33 bits per heavy atom. The van der Waals surface area contributed by atoms with Gasteiger partial charge >= 0.3 is 0 Å². The third-order valence-electron chi connectivity index (χ3n) is 3.92. The Labute approximate surface area is 113 Å². The smallest absolute Gasteiger partial charge is 0.242 e. The second-order valence-electron chi connectivity index (χ2n) is 6.25. The van der Waals surface area contributed by atoms with E-state index >= 15 is 0 Å². The van der Waals surface area contributed by atoms with Crippen LogP contribution in [0.25, 0.3) is 0 Å². The van der Waals surface area contributed by atoms with Gasteiger partial charge in [-0.05, 0) is 32.6 Å². The molecule has 5 heteroatoms. The highest BCUT2D eigenvalue weighted by Crippen LogP contribution is 2.41. The maximum Gasteiger partial charge on any atom is 0.242 e. The van der Waals surface area contributed by atoms with Gasteiger partial charge in [-0.3, -0.25) is 9.79 Å². The highest BCUT2D eigenvalue weighted by Gasteiger charge is 2.40. The van der Waals surface area contributed by atoms with Crippen molar-refractivity contribution in [1.29, 1.82) is 0 Å². The van der Waals surface area contributed by atoms with Crippen molar-refractivity contribution < 1.29 is 4.79 Å². The van der Waals surface area contributed by atoms with Gasteiger partial charge in [0.05, 0.1) is 5.54 Å². The van der Waals surface area contributed by atoms with Crippen LogP contribution >= 0.6 is 11.8 Å². The topological polar surface area (TPSA) is 67.5 Å². The quantitative estimate of drug-likeness (QED) is 0.804. The summed E-state index contributed by atoms with van der Waals surface area (Å²) in [6.07, 6.45) is 4.92. The summed E-state index contributed by atoms with van der Waals surface area (Å²) in [7, 11) is 0. The van der Waals surface area contributed by atoms with E-state index in [-0.39, 0.29) is 11.4 Å². The Bertz CT molecular complexity index is 380. The number of aliphatic imine (C=N–C) groups is 1. The fraction of sp³-hybridized carbons (Fsp3) is 0.846. The van der Waals surface area contributed by atoms with Gasteiger partial charge in [0.15, 0.2) is 5.17 Å². The Hall–Kier alpha value is -0.710. The highest BCUT2D eigenvalue weighted by molar-refractivity contribution is 8.14. The minimum Gasteiger partial charge on any atom is -0.368 e. The van der Waals surface area contributed by atoms with Crippen molar-refractivity contribution in [2.24, 2.45) is 16.6 Å². The summed E-state index contributed by atoms with van der Waals surface area (Å²) in [6, 6.07) is 0. The van der Waals surface area contributed by atoms with Gasteiger partial charge in [-0.1, -0.05) is 31.5 Å². The number of carbonyl (C=O) groups is 1. The fourth-order valence-corrected chi connectivity index (χ4v) is 4.06. The van der Waals surface area contributed by atoms with E-state index in [4.69, 9.17) is 10.7 Å². The summed E-state index contributed by atoms with van der Waals surface area (Å²) in [4.78, 5) is 16.2. The van der Waals surface area contributed by atoms with E-state index in [2.05, 4.69) is 12.2 Å². The molecule has 1 fully saturated rings. The van der Waals surface area contributed by atoms with Crippen molar-refractivity contribution in [3.8, 4) is 0 Å². The predicted octanol–water partition coefficient (Wildman–Crippen LogP) is 1.89. The van der Waals surface area contributed by atoms with Gasteiger partial charge in [0.25, 0.3) is 0 Å². The molecule has 0 aromatic carbocycles. The number of nitrogens with one attached hydrogen (secondary N) is 1. The number of nitrogens with zero attached hydrogens (tertiary/aromatic N) is 1. The van der Waals surface area contributed by atoms with E-state index in [1.165, 1.54) is 25.7 Å². The van der Waals surface area contributed by atoms with Gasteiger partial charge < -0.3 is 11.1 Å². The van der Waals surface area contributed by atoms with Crippen LogP contribution in [0.2, 0.25) is 0 Å². The number of thioether (sulfide) groups is 1.